The van der Waals surface area contributed by atoms with Crippen molar-refractivity contribution in [3.63, 3.8) is 0 Å². The lowest BCUT2D eigenvalue weighted by molar-refractivity contribution is 0.283. The SMILES string of the molecule is C[C@@H](N)c1ccc(N(CCCO)C2CCC2)cn1. The van der Waals surface area contributed by atoms with E-state index in [-0.39, 0.29) is 12.6 Å². The number of nitrogens with two attached hydrogens (primary N) is 1. The molecule has 4 heteroatoms. The van der Waals surface area contributed by atoms with E-state index in [1.54, 1.807) is 0 Å². The Morgan fingerprint density at radius 1 is 1.50 bits per heavy atom. The molecule has 0 saturated heterocycles. The fraction of sp³-hybridized carbons (Fsp3) is 0.643. The standard InChI is InChI=1S/C14H23N3O/c1-11(15)14-7-6-13(10-16-14)17(8-3-9-18)12-4-2-5-12/h6-7,10-12,18H,2-5,8-9,15H2,1H3/t11-/m1/s1. The Morgan fingerprint density at radius 3 is 2.72 bits per heavy atom. The Morgan fingerprint density at radius 2 is 2.28 bits per heavy atom. The number of hydrogen-bond donors (Lipinski definition) is 2. The number of hydrogen-bond acceptors (Lipinski definition) is 4. The summed E-state index contributed by atoms with van der Waals surface area (Å²) in [5.41, 5.74) is 7.88. The largest absolute Gasteiger partial charge is 0.396 e. The second-order valence-corrected chi connectivity index (χ2v) is 5.09. The molecule has 0 aromatic carbocycles. The summed E-state index contributed by atoms with van der Waals surface area (Å²) in [4.78, 5) is 6.79. The first-order chi connectivity index (χ1) is 8.72. The van der Waals surface area contributed by atoms with Crippen LogP contribution in [0.5, 0.6) is 0 Å². The first-order valence-electron chi connectivity index (χ1n) is 6.81. The summed E-state index contributed by atoms with van der Waals surface area (Å²) in [5, 5.41) is 8.99. The van der Waals surface area contributed by atoms with Crippen molar-refractivity contribution in [1.82, 2.24) is 4.98 Å². The first kappa shape index (κ1) is 13.3. The maximum absolute atomic E-state index is 8.99. The number of aliphatic hydroxyl groups excluding tert-OH is 1. The normalized spacial score (nSPS) is 17.3. The maximum atomic E-state index is 8.99. The van der Waals surface area contributed by atoms with Crippen LogP contribution in [0.1, 0.15) is 44.3 Å². The summed E-state index contributed by atoms with van der Waals surface area (Å²) in [6.45, 7) is 3.09. The lowest BCUT2D eigenvalue weighted by atomic mass is 9.91. The minimum absolute atomic E-state index is 0.0198. The van der Waals surface area contributed by atoms with Crippen LogP contribution in [0.4, 0.5) is 5.69 Å². The van der Waals surface area contributed by atoms with Crippen LogP contribution >= 0.6 is 0 Å². The van der Waals surface area contributed by atoms with Crippen LogP contribution in [0.25, 0.3) is 0 Å². The molecule has 3 N–H and O–H groups in total. The van der Waals surface area contributed by atoms with Crippen LogP contribution in [-0.2, 0) is 0 Å². The number of rotatable bonds is 6. The van der Waals surface area contributed by atoms with E-state index in [4.69, 9.17) is 10.8 Å². The highest BCUT2D eigenvalue weighted by Crippen LogP contribution is 2.29. The highest BCUT2D eigenvalue weighted by molar-refractivity contribution is 5.46. The van der Waals surface area contributed by atoms with Gasteiger partial charge < -0.3 is 15.7 Å². The second-order valence-electron chi connectivity index (χ2n) is 5.09. The molecule has 1 aliphatic rings. The molecule has 1 atom stereocenters. The fourth-order valence-electron chi connectivity index (χ4n) is 2.30. The van der Waals surface area contributed by atoms with E-state index in [0.717, 1.165) is 24.3 Å². The molecule has 4 nitrogen and oxygen atoms in total. The van der Waals surface area contributed by atoms with Gasteiger partial charge in [-0.3, -0.25) is 4.98 Å². The van der Waals surface area contributed by atoms with Crippen molar-refractivity contribution in [2.75, 3.05) is 18.1 Å². The van der Waals surface area contributed by atoms with Crippen molar-refractivity contribution < 1.29 is 5.11 Å². The van der Waals surface area contributed by atoms with Crippen molar-refractivity contribution in [2.45, 2.75) is 44.7 Å². The van der Waals surface area contributed by atoms with Crippen LogP contribution in [0.3, 0.4) is 0 Å². The van der Waals surface area contributed by atoms with E-state index in [1.807, 2.05) is 19.2 Å². The predicted molar refractivity (Wildman–Crippen MR) is 73.5 cm³/mol. The Labute approximate surface area is 109 Å². The van der Waals surface area contributed by atoms with Gasteiger partial charge in [0, 0.05) is 25.2 Å². The average molecular weight is 249 g/mol. The van der Waals surface area contributed by atoms with Gasteiger partial charge in [-0.1, -0.05) is 0 Å². The zero-order valence-electron chi connectivity index (χ0n) is 11.0. The van der Waals surface area contributed by atoms with E-state index >= 15 is 0 Å². The van der Waals surface area contributed by atoms with Crippen molar-refractivity contribution in [2.24, 2.45) is 5.73 Å². The third kappa shape index (κ3) is 3.00. The Hall–Kier alpha value is -1.13. The number of aliphatic hydroxyl groups is 1. The Bertz CT molecular complexity index is 360. The molecule has 1 fully saturated rings. The van der Waals surface area contributed by atoms with E-state index in [1.165, 1.54) is 19.3 Å². The first-order valence-corrected chi connectivity index (χ1v) is 6.81. The van der Waals surface area contributed by atoms with Crippen LogP contribution in [-0.4, -0.2) is 29.3 Å². The smallest absolute Gasteiger partial charge is 0.0569 e. The number of anilines is 1. The van der Waals surface area contributed by atoms with Crippen LogP contribution in [0, 0.1) is 0 Å². The molecule has 1 aliphatic carbocycles. The van der Waals surface area contributed by atoms with Crippen molar-refractivity contribution in [3.8, 4) is 0 Å². The average Bonchev–Trinajstić information content (AvgIpc) is 2.32. The number of aromatic nitrogens is 1. The van der Waals surface area contributed by atoms with Gasteiger partial charge in [-0.25, -0.2) is 0 Å². The van der Waals surface area contributed by atoms with Gasteiger partial charge >= 0.3 is 0 Å². The van der Waals surface area contributed by atoms with Gasteiger partial charge in [0.15, 0.2) is 0 Å². The Kier molecular flexibility index (Phi) is 4.55. The minimum Gasteiger partial charge on any atom is -0.396 e. The molecule has 100 valence electrons. The van der Waals surface area contributed by atoms with Crippen molar-refractivity contribution in [1.29, 1.82) is 0 Å². The predicted octanol–water partition coefficient (Wildman–Crippen LogP) is 1.84. The lowest BCUT2D eigenvalue weighted by Crippen LogP contribution is -2.41. The van der Waals surface area contributed by atoms with Gasteiger partial charge in [0.25, 0.3) is 0 Å². The molecule has 1 aromatic rings. The van der Waals surface area contributed by atoms with Gasteiger partial charge in [0.05, 0.1) is 17.6 Å². The van der Waals surface area contributed by atoms with Crippen LogP contribution in [0.2, 0.25) is 0 Å². The molecule has 1 aromatic heterocycles. The summed E-state index contributed by atoms with van der Waals surface area (Å²) in [5.74, 6) is 0. The van der Waals surface area contributed by atoms with Crippen molar-refractivity contribution in [3.05, 3.63) is 24.0 Å². The highest BCUT2D eigenvalue weighted by Gasteiger charge is 2.25. The minimum atomic E-state index is -0.0198. The van der Waals surface area contributed by atoms with Gasteiger partial charge in [0.2, 0.25) is 0 Å². The summed E-state index contributed by atoms with van der Waals surface area (Å²) in [6.07, 6.45) is 6.53. The summed E-state index contributed by atoms with van der Waals surface area (Å²) >= 11 is 0. The lowest BCUT2D eigenvalue weighted by Gasteiger charge is -2.39. The molecular weight excluding hydrogens is 226 g/mol. The zero-order valence-corrected chi connectivity index (χ0v) is 11.0. The van der Waals surface area contributed by atoms with Crippen LogP contribution < -0.4 is 10.6 Å². The molecule has 1 saturated carbocycles. The molecule has 0 radical (unpaired) electrons. The molecule has 1 heterocycles. The third-order valence-corrected chi connectivity index (χ3v) is 3.64. The molecule has 0 unspecified atom stereocenters. The van der Waals surface area contributed by atoms with E-state index in [0.29, 0.717) is 6.04 Å². The van der Waals surface area contributed by atoms with Crippen molar-refractivity contribution >= 4 is 5.69 Å². The highest BCUT2D eigenvalue weighted by atomic mass is 16.3. The topological polar surface area (TPSA) is 62.4 Å². The summed E-state index contributed by atoms with van der Waals surface area (Å²) in [6, 6.07) is 4.71. The van der Waals surface area contributed by atoms with Crippen LogP contribution in [0.15, 0.2) is 18.3 Å². The van der Waals surface area contributed by atoms with Gasteiger partial charge in [-0.15, -0.1) is 0 Å². The third-order valence-electron chi connectivity index (χ3n) is 3.64. The van der Waals surface area contributed by atoms with Gasteiger partial charge in [-0.2, -0.15) is 0 Å². The maximum Gasteiger partial charge on any atom is 0.0569 e. The van der Waals surface area contributed by atoms with E-state index in [9.17, 15) is 0 Å². The number of pyridine rings is 1. The molecule has 0 amide bonds. The molecule has 0 bridgehead atoms. The quantitative estimate of drug-likeness (QED) is 0.807. The zero-order chi connectivity index (χ0) is 13.0. The second kappa shape index (κ2) is 6.16. The van der Waals surface area contributed by atoms with Gasteiger partial charge in [0.1, 0.15) is 0 Å². The molecule has 18 heavy (non-hydrogen) atoms. The molecule has 0 aliphatic heterocycles. The summed E-state index contributed by atoms with van der Waals surface area (Å²) in [7, 11) is 0. The monoisotopic (exact) mass is 249 g/mol. The Balaban J connectivity index is 2.08. The number of nitrogens with zero attached hydrogens (tertiary/aromatic N) is 2. The summed E-state index contributed by atoms with van der Waals surface area (Å²) < 4.78 is 0. The van der Waals surface area contributed by atoms with E-state index < -0.39 is 0 Å². The molecular formula is C14H23N3O. The molecule has 2 rings (SSSR count). The van der Waals surface area contributed by atoms with Gasteiger partial charge in [-0.05, 0) is 44.7 Å². The molecule has 0 spiro atoms. The fourth-order valence-corrected chi connectivity index (χ4v) is 2.30. The van der Waals surface area contributed by atoms with E-state index in [2.05, 4.69) is 16.0 Å².